The Balaban J connectivity index is 1.25. The van der Waals surface area contributed by atoms with E-state index >= 15 is 0 Å². The van der Waals surface area contributed by atoms with Gasteiger partial charge in [0.05, 0.1) is 0 Å². The summed E-state index contributed by atoms with van der Waals surface area (Å²) in [6, 6.07) is 9.31. The molecule has 1 amide bonds. The highest BCUT2D eigenvalue weighted by atomic mass is 16.4. The molecule has 3 heterocycles. The number of likely N-dealkylation sites (tertiary alicyclic amines) is 1. The summed E-state index contributed by atoms with van der Waals surface area (Å²) in [7, 11) is 0. The van der Waals surface area contributed by atoms with Gasteiger partial charge in [0.25, 0.3) is 6.01 Å². The Morgan fingerprint density at radius 3 is 2.54 bits per heavy atom. The van der Waals surface area contributed by atoms with Crippen LogP contribution in [0.15, 0.2) is 28.7 Å². The van der Waals surface area contributed by atoms with E-state index in [2.05, 4.69) is 33.9 Å². The van der Waals surface area contributed by atoms with Crippen molar-refractivity contribution in [3.63, 3.8) is 0 Å². The fourth-order valence-corrected chi connectivity index (χ4v) is 4.39. The number of nitrogens with zero attached hydrogens (tertiary/aromatic N) is 3. The molecule has 0 atom stereocenters. The van der Waals surface area contributed by atoms with Gasteiger partial charge in [0.1, 0.15) is 5.52 Å². The molecular formula is C22H32N4O2. The van der Waals surface area contributed by atoms with Crippen LogP contribution in [0.3, 0.4) is 0 Å². The number of anilines is 1. The number of carbonyl (C=O) groups is 1. The van der Waals surface area contributed by atoms with Crippen molar-refractivity contribution in [2.75, 3.05) is 37.6 Å². The molecule has 0 saturated carbocycles. The molecule has 4 rings (SSSR count). The van der Waals surface area contributed by atoms with Gasteiger partial charge in [0, 0.05) is 31.6 Å². The summed E-state index contributed by atoms with van der Waals surface area (Å²) in [6.45, 7) is 9.08. The summed E-state index contributed by atoms with van der Waals surface area (Å²) >= 11 is 0. The molecule has 2 aliphatic heterocycles. The summed E-state index contributed by atoms with van der Waals surface area (Å²) in [5.74, 6) is 0.949. The van der Waals surface area contributed by atoms with Crippen LogP contribution < -0.4 is 10.2 Å². The second-order valence-electron chi connectivity index (χ2n) is 8.63. The number of rotatable bonds is 5. The summed E-state index contributed by atoms with van der Waals surface area (Å²) in [5, 5.41) is 3.10. The molecule has 0 aliphatic carbocycles. The van der Waals surface area contributed by atoms with Crippen molar-refractivity contribution in [1.82, 2.24) is 15.2 Å². The predicted octanol–water partition coefficient (Wildman–Crippen LogP) is 3.28. The number of hydrogen-bond acceptors (Lipinski definition) is 5. The average molecular weight is 385 g/mol. The molecule has 152 valence electrons. The second kappa shape index (κ2) is 8.52. The van der Waals surface area contributed by atoms with E-state index in [1.54, 1.807) is 0 Å². The van der Waals surface area contributed by atoms with Gasteiger partial charge < -0.3 is 19.5 Å². The second-order valence-corrected chi connectivity index (χ2v) is 8.63. The normalized spacial score (nSPS) is 20.2. The topological polar surface area (TPSA) is 61.6 Å². The van der Waals surface area contributed by atoms with E-state index in [4.69, 9.17) is 4.42 Å². The van der Waals surface area contributed by atoms with Crippen LogP contribution in [-0.4, -0.2) is 54.6 Å². The first-order valence-corrected chi connectivity index (χ1v) is 10.7. The molecular weight excluding hydrogens is 352 g/mol. The minimum absolute atomic E-state index is 0.190. The maximum absolute atomic E-state index is 12.3. The first-order valence-electron chi connectivity index (χ1n) is 10.7. The maximum Gasteiger partial charge on any atom is 0.298 e. The summed E-state index contributed by atoms with van der Waals surface area (Å²) in [6.07, 6.45) is 4.22. The number of amides is 1. The van der Waals surface area contributed by atoms with E-state index in [1.165, 1.54) is 0 Å². The zero-order chi connectivity index (χ0) is 19.5. The largest absolute Gasteiger partial charge is 0.423 e. The van der Waals surface area contributed by atoms with Gasteiger partial charge in [0.15, 0.2) is 5.58 Å². The summed E-state index contributed by atoms with van der Waals surface area (Å²) in [5.41, 5.74) is 1.79. The number of benzene rings is 1. The molecule has 0 spiro atoms. The Labute approximate surface area is 167 Å². The van der Waals surface area contributed by atoms with Crippen LogP contribution in [-0.2, 0) is 4.79 Å². The Morgan fingerprint density at radius 1 is 1.14 bits per heavy atom. The van der Waals surface area contributed by atoms with Gasteiger partial charge >= 0.3 is 0 Å². The van der Waals surface area contributed by atoms with Crippen LogP contribution in [0.4, 0.5) is 6.01 Å². The molecule has 2 aliphatic rings. The molecule has 0 unspecified atom stereocenters. The van der Waals surface area contributed by atoms with Gasteiger partial charge in [-0.3, -0.25) is 4.79 Å². The van der Waals surface area contributed by atoms with Crippen LogP contribution >= 0.6 is 0 Å². The van der Waals surface area contributed by atoms with Crippen molar-refractivity contribution in [3.05, 3.63) is 24.3 Å². The van der Waals surface area contributed by atoms with Gasteiger partial charge in [-0.15, -0.1) is 0 Å². The zero-order valence-corrected chi connectivity index (χ0v) is 17.1. The smallest absolute Gasteiger partial charge is 0.298 e. The highest BCUT2D eigenvalue weighted by Gasteiger charge is 2.31. The fraction of sp³-hybridized carbons (Fsp3) is 0.636. The van der Waals surface area contributed by atoms with Crippen LogP contribution in [0.2, 0.25) is 0 Å². The van der Waals surface area contributed by atoms with E-state index in [0.717, 1.165) is 75.5 Å². The van der Waals surface area contributed by atoms with Crippen LogP contribution in [0.1, 0.15) is 39.5 Å². The Bertz CT molecular complexity index is 754. The zero-order valence-electron chi connectivity index (χ0n) is 17.1. The van der Waals surface area contributed by atoms with Crippen LogP contribution in [0, 0.1) is 11.8 Å². The minimum atomic E-state index is 0.190. The number of nitrogens with one attached hydrogen (secondary N) is 1. The quantitative estimate of drug-likeness (QED) is 0.857. The van der Waals surface area contributed by atoms with Crippen LogP contribution in [0.25, 0.3) is 11.1 Å². The lowest BCUT2D eigenvalue weighted by molar-refractivity contribution is -0.126. The lowest BCUT2D eigenvalue weighted by atomic mass is 9.92. The predicted molar refractivity (Wildman–Crippen MR) is 111 cm³/mol. The SMILES string of the molecule is CC(C)CNC(=O)C1CCN(C2CCN(c3nc4ccccc4o3)CC2)CC1. The lowest BCUT2D eigenvalue weighted by Crippen LogP contribution is -2.49. The maximum atomic E-state index is 12.3. The number of fused-ring (bicyclic) bond motifs is 1. The van der Waals surface area contributed by atoms with Gasteiger partial charge in [-0.25, -0.2) is 0 Å². The molecule has 2 fully saturated rings. The molecule has 0 radical (unpaired) electrons. The van der Waals surface area contributed by atoms with E-state index in [-0.39, 0.29) is 11.8 Å². The van der Waals surface area contributed by atoms with E-state index < -0.39 is 0 Å². The van der Waals surface area contributed by atoms with E-state index in [1.807, 2.05) is 24.3 Å². The molecule has 6 nitrogen and oxygen atoms in total. The van der Waals surface area contributed by atoms with Crippen LogP contribution in [0.5, 0.6) is 0 Å². The van der Waals surface area contributed by atoms with Crippen molar-refractivity contribution in [2.24, 2.45) is 11.8 Å². The molecule has 1 N–H and O–H groups in total. The Morgan fingerprint density at radius 2 is 1.86 bits per heavy atom. The van der Waals surface area contributed by atoms with Crippen molar-refractivity contribution in [1.29, 1.82) is 0 Å². The first kappa shape index (κ1) is 19.2. The Hall–Kier alpha value is -2.08. The van der Waals surface area contributed by atoms with Gasteiger partial charge in [0.2, 0.25) is 5.91 Å². The Kier molecular flexibility index (Phi) is 5.85. The standard InChI is InChI=1S/C22H32N4O2/c1-16(2)15-23-21(27)17-7-11-25(12-8-17)18-9-13-26(14-10-18)22-24-19-5-3-4-6-20(19)28-22/h3-6,16-18H,7-15H2,1-2H3,(H,23,27). The molecule has 2 saturated heterocycles. The highest BCUT2D eigenvalue weighted by Crippen LogP contribution is 2.28. The molecule has 6 heteroatoms. The number of aromatic nitrogens is 1. The van der Waals surface area contributed by atoms with Crippen molar-refractivity contribution in [2.45, 2.75) is 45.6 Å². The molecule has 1 aromatic heterocycles. The highest BCUT2D eigenvalue weighted by molar-refractivity contribution is 5.78. The van der Waals surface area contributed by atoms with Gasteiger partial charge in [-0.2, -0.15) is 4.98 Å². The number of piperidine rings is 2. The molecule has 28 heavy (non-hydrogen) atoms. The third-order valence-electron chi connectivity index (χ3n) is 6.12. The number of carbonyl (C=O) groups excluding carboxylic acids is 1. The number of oxazole rings is 1. The van der Waals surface area contributed by atoms with Gasteiger partial charge in [-0.1, -0.05) is 26.0 Å². The fourth-order valence-electron chi connectivity index (χ4n) is 4.39. The van der Waals surface area contributed by atoms with E-state index in [0.29, 0.717) is 12.0 Å². The first-order chi connectivity index (χ1) is 13.6. The average Bonchev–Trinajstić information content (AvgIpc) is 3.16. The summed E-state index contributed by atoms with van der Waals surface area (Å²) in [4.78, 5) is 21.8. The number of para-hydroxylation sites is 2. The van der Waals surface area contributed by atoms with Crippen molar-refractivity contribution in [3.8, 4) is 0 Å². The van der Waals surface area contributed by atoms with Crippen molar-refractivity contribution >= 4 is 23.0 Å². The minimum Gasteiger partial charge on any atom is -0.423 e. The van der Waals surface area contributed by atoms with Gasteiger partial charge in [-0.05, 0) is 56.8 Å². The molecule has 1 aromatic carbocycles. The third kappa shape index (κ3) is 4.32. The molecule has 0 bridgehead atoms. The lowest BCUT2D eigenvalue weighted by Gasteiger charge is -2.41. The monoisotopic (exact) mass is 384 g/mol. The molecule has 2 aromatic rings. The van der Waals surface area contributed by atoms with E-state index in [9.17, 15) is 4.79 Å². The third-order valence-corrected chi connectivity index (χ3v) is 6.12. The summed E-state index contributed by atoms with van der Waals surface area (Å²) < 4.78 is 5.93. The number of hydrogen-bond donors (Lipinski definition) is 1. The van der Waals surface area contributed by atoms with Crippen molar-refractivity contribution < 1.29 is 9.21 Å².